The molecule has 1 aromatic rings. The van der Waals surface area contributed by atoms with Crippen molar-refractivity contribution in [1.82, 2.24) is 0 Å². The highest BCUT2D eigenvalue weighted by atomic mass is 19.1. The van der Waals surface area contributed by atoms with Crippen LogP contribution in [-0.4, -0.2) is 46.1 Å². The average Bonchev–Trinajstić information content (AvgIpc) is 3.07. The minimum atomic E-state index is -2.45. The summed E-state index contributed by atoms with van der Waals surface area (Å²) in [5.74, 6) is -4.53. The third-order valence-electron chi connectivity index (χ3n) is 4.87. The van der Waals surface area contributed by atoms with Gasteiger partial charge in [-0.25, -0.2) is 14.0 Å². The Morgan fingerprint density at radius 1 is 1.25 bits per heavy atom. The summed E-state index contributed by atoms with van der Waals surface area (Å²) < 4.78 is 24.6. The maximum Gasteiger partial charge on any atom is 0.344 e. The number of ether oxygens (including phenoxy) is 2. The van der Waals surface area contributed by atoms with Gasteiger partial charge in [0.05, 0.1) is 18.6 Å². The molecule has 0 radical (unpaired) electrons. The fourth-order valence-electron chi connectivity index (χ4n) is 3.61. The van der Waals surface area contributed by atoms with Gasteiger partial charge in [0.15, 0.2) is 5.60 Å². The number of fused-ring (bicyclic) bond motifs is 1. The van der Waals surface area contributed by atoms with Crippen molar-refractivity contribution in [3.8, 4) is 0 Å². The maximum absolute atomic E-state index is 14.8. The van der Waals surface area contributed by atoms with Crippen molar-refractivity contribution in [2.75, 3.05) is 6.61 Å². The molecule has 0 heterocycles. The van der Waals surface area contributed by atoms with Crippen LogP contribution in [0.4, 0.5) is 4.39 Å². The van der Waals surface area contributed by atoms with E-state index in [1.807, 2.05) is 0 Å². The molecule has 1 aromatic carbocycles. The molecule has 5 atom stereocenters. The van der Waals surface area contributed by atoms with Gasteiger partial charge in [-0.2, -0.15) is 0 Å². The first-order valence-corrected chi connectivity index (χ1v) is 7.84. The molecule has 2 fully saturated rings. The molecule has 0 bridgehead atoms. The Balaban J connectivity index is 1.73. The largest absolute Gasteiger partial charge is 0.464 e. The number of carbonyl (C=O) groups is 2. The Morgan fingerprint density at radius 3 is 2.54 bits per heavy atom. The second-order valence-corrected chi connectivity index (χ2v) is 6.21. The molecule has 6 nitrogen and oxygen atoms in total. The number of hydrogen-bond acceptors (Lipinski definition) is 6. The molecule has 130 valence electrons. The second-order valence-electron chi connectivity index (χ2n) is 6.21. The normalized spacial score (nSPS) is 36.8. The summed E-state index contributed by atoms with van der Waals surface area (Å²) in [7, 11) is 0. The zero-order valence-electron chi connectivity index (χ0n) is 13.1. The molecule has 24 heavy (non-hydrogen) atoms. The SMILES string of the molecule is CCOC(=O)[C@@]1(F)[C@@H]2C[C@@H](O)[C@](O)(C(=O)OCc3ccccc3)[C@@H]21. The van der Waals surface area contributed by atoms with Gasteiger partial charge < -0.3 is 19.7 Å². The lowest BCUT2D eigenvalue weighted by molar-refractivity contribution is -0.185. The van der Waals surface area contributed by atoms with E-state index in [2.05, 4.69) is 4.74 Å². The van der Waals surface area contributed by atoms with Crippen molar-refractivity contribution in [3.05, 3.63) is 35.9 Å². The van der Waals surface area contributed by atoms with Gasteiger partial charge >= 0.3 is 11.9 Å². The summed E-state index contributed by atoms with van der Waals surface area (Å²) in [4.78, 5) is 24.1. The van der Waals surface area contributed by atoms with Crippen LogP contribution in [0.1, 0.15) is 18.9 Å². The number of alkyl halides is 1. The Morgan fingerprint density at radius 2 is 1.92 bits per heavy atom. The number of esters is 2. The molecule has 0 aromatic heterocycles. The first-order chi connectivity index (χ1) is 11.4. The van der Waals surface area contributed by atoms with Gasteiger partial charge in [-0.15, -0.1) is 0 Å². The molecule has 2 aliphatic rings. The Kier molecular flexibility index (Phi) is 4.09. The van der Waals surface area contributed by atoms with Crippen LogP contribution in [0, 0.1) is 11.8 Å². The van der Waals surface area contributed by atoms with Crippen LogP contribution in [0.25, 0.3) is 0 Å². The van der Waals surface area contributed by atoms with Crippen LogP contribution in [-0.2, 0) is 25.7 Å². The third-order valence-corrected chi connectivity index (χ3v) is 4.87. The van der Waals surface area contributed by atoms with E-state index in [0.717, 1.165) is 0 Å². The number of carbonyl (C=O) groups excluding carboxylic acids is 2. The fourth-order valence-corrected chi connectivity index (χ4v) is 3.61. The smallest absolute Gasteiger partial charge is 0.344 e. The predicted octanol–water partition coefficient (Wildman–Crippen LogP) is 0.743. The zero-order valence-corrected chi connectivity index (χ0v) is 13.1. The fraction of sp³-hybridized carbons (Fsp3) is 0.529. The van der Waals surface area contributed by atoms with Crippen molar-refractivity contribution in [3.63, 3.8) is 0 Å². The van der Waals surface area contributed by atoms with Crippen LogP contribution in [0.15, 0.2) is 30.3 Å². The van der Waals surface area contributed by atoms with Gasteiger partial charge in [0.2, 0.25) is 5.67 Å². The molecule has 0 spiro atoms. The monoisotopic (exact) mass is 338 g/mol. The molecular formula is C17H19FO6. The van der Waals surface area contributed by atoms with Gasteiger partial charge in [0, 0.05) is 5.92 Å². The topological polar surface area (TPSA) is 93.1 Å². The highest BCUT2D eigenvalue weighted by Crippen LogP contribution is 2.67. The molecule has 0 unspecified atom stereocenters. The molecule has 2 N–H and O–H groups in total. The van der Waals surface area contributed by atoms with Gasteiger partial charge in [-0.3, -0.25) is 0 Å². The number of aliphatic hydroxyl groups excluding tert-OH is 1. The van der Waals surface area contributed by atoms with E-state index < -0.39 is 41.1 Å². The van der Waals surface area contributed by atoms with E-state index in [4.69, 9.17) is 4.74 Å². The zero-order chi connectivity index (χ0) is 17.5. The highest BCUT2D eigenvalue weighted by molar-refractivity contribution is 5.91. The minimum Gasteiger partial charge on any atom is -0.464 e. The third kappa shape index (κ3) is 2.31. The maximum atomic E-state index is 14.8. The van der Waals surface area contributed by atoms with E-state index >= 15 is 0 Å². The van der Waals surface area contributed by atoms with Crippen molar-refractivity contribution >= 4 is 11.9 Å². The lowest BCUT2D eigenvalue weighted by atomic mass is 9.90. The summed E-state index contributed by atoms with van der Waals surface area (Å²) in [5.41, 5.74) is -4.21. The average molecular weight is 338 g/mol. The lowest BCUT2D eigenvalue weighted by Crippen LogP contribution is -2.53. The Labute approximate surface area is 138 Å². The van der Waals surface area contributed by atoms with Crippen LogP contribution in [0.3, 0.4) is 0 Å². The minimum absolute atomic E-state index is 0.0105. The molecule has 3 rings (SSSR count). The Hall–Kier alpha value is -1.99. The second kappa shape index (κ2) is 5.82. The van der Waals surface area contributed by atoms with E-state index in [1.54, 1.807) is 30.3 Å². The first-order valence-electron chi connectivity index (χ1n) is 7.84. The summed E-state index contributed by atoms with van der Waals surface area (Å²) in [6.07, 6.45) is -1.68. The van der Waals surface area contributed by atoms with Gasteiger partial charge in [0.25, 0.3) is 0 Å². The summed E-state index contributed by atoms with van der Waals surface area (Å²) in [6.45, 7) is 1.41. The molecule has 0 saturated heterocycles. The number of halogens is 1. The summed E-state index contributed by atoms with van der Waals surface area (Å²) >= 11 is 0. The number of aliphatic hydroxyl groups is 2. The number of rotatable bonds is 5. The van der Waals surface area contributed by atoms with Crippen molar-refractivity contribution in [1.29, 1.82) is 0 Å². The van der Waals surface area contributed by atoms with E-state index in [9.17, 15) is 24.2 Å². The van der Waals surface area contributed by atoms with E-state index in [1.165, 1.54) is 6.92 Å². The van der Waals surface area contributed by atoms with Crippen LogP contribution in [0.2, 0.25) is 0 Å². The summed E-state index contributed by atoms with van der Waals surface area (Å²) in [6, 6.07) is 8.76. The van der Waals surface area contributed by atoms with Crippen molar-refractivity contribution < 1.29 is 33.7 Å². The van der Waals surface area contributed by atoms with Gasteiger partial charge in [-0.05, 0) is 18.9 Å². The molecule has 2 aliphatic carbocycles. The lowest BCUT2D eigenvalue weighted by Gasteiger charge is -2.29. The summed E-state index contributed by atoms with van der Waals surface area (Å²) in [5, 5.41) is 20.6. The van der Waals surface area contributed by atoms with Crippen LogP contribution >= 0.6 is 0 Å². The molecule has 2 saturated carbocycles. The van der Waals surface area contributed by atoms with E-state index in [-0.39, 0.29) is 19.6 Å². The number of hydrogen-bond donors (Lipinski definition) is 2. The van der Waals surface area contributed by atoms with Gasteiger partial charge in [0.1, 0.15) is 6.61 Å². The standard InChI is InChI=1S/C17H19FO6/c1-2-23-14(20)16(18)11-8-12(19)17(22,13(11)16)15(21)24-9-10-6-4-3-5-7-10/h3-7,11-13,19,22H,2,8-9H2,1H3/t11-,12-,13+,16-,17-/m1/s1. The number of benzene rings is 1. The first kappa shape index (κ1) is 16.9. The molecule has 7 heteroatoms. The predicted molar refractivity (Wildman–Crippen MR) is 79.3 cm³/mol. The van der Waals surface area contributed by atoms with Crippen LogP contribution < -0.4 is 0 Å². The quantitative estimate of drug-likeness (QED) is 0.770. The van der Waals surface area contributed by atoms with Crippen molar-refractivity contribution in [2.24, 2.45) is 11.8 Å². The molecular weight excluding hydrogens is 319 g/mol. The Bertz CT molecular complexity index is 650. The van der Waals surface area contributed by atoms with Crippen molar-refractivity contribution in [2.45, 2.75) is 37.3 Å². The highest BCUT2D eigenvalue weighted by Gasteiger charge is 2.86. The van der Waals surface area contributed by atoms with Crippen LogP contribution in [0.5, 0.6) is 0 Å². The molecule has 0 aliphatic heterocycles. The van der Waals surface area contributed by atoms with Gasteiger partial charge in [-0.1, -0.05) is 30.3 Å². The van der Waals surface area contributed by atoms with E-state index in [0.29, 0.717) is 5.56 Å². The molecule has 0 amide bonds.